The second kappa shape index (κ2) is 5.81. The van der Waals surface area contributed by atoms with Crippen LogP contribution in [-0.2, 0) is 0 Å². The third-order valence-electron chi connectivity index (χ3n) is 1.61. The zero-order valence-electron chi connectivity index (χ0n) is 7.30. The number of ether oxygens (including phenoxy) is 1. The number of hydrogen-bond acceptors (Lipinski definition) is 1. The van der Waals surface area contributed by atoms with Crippen molar-refractivity contribution < 1.29 is 9.13 Å². The van der Waals surface area contributed by atoms with Crippen LogP contribution in [0.4, 0.5) is 4.39 Å². The van der Waals surface area contributed by atoms with Gasteiger partial charge in [0.15, 0.2) is 0 Å². The van der Waals surface area contributed by atoms with Crippen LogP contribution in [0.5, 0.6) is 5.75 Å². The Morgan fingerprint density at radius 3 is 2.46 bits per heavy atom. The van der Waals surface area contributed by atoms with Gasteiger partial charge in [-0.2, -0.15) is 0 Å². The van der Waals surface area contributed by atoms with E-state index in [2.05, 4.69) is 0 Å². The van der Waals surface area contributed by atoms with Crippen molar-refractivity contribution in [3.63, 3.8) is 0 Å². The number of alkyl halides is 1. The normalized spacial score (nSPS) is 10.0. The minimum Gasteiger partial charge on any atom is -0.494 e. The number of halogens is 2. The fourth-order valence-electron chi connectivity index (χ4n) is 0.917. The quantitative estimate of drug-likeness (QED) is 0.526. The van der Waals surface area contributed by atoms with Gasteiger partial charge in [-0.3, -0.25) is 0 Å². The average Bonchev–Trinajstić information content (AvgIpc) is 2.15. The number of unbranched alkanes of at least 4 members (excludes halogenated alkanes) is 1. The molecule has 1 aromatic rings. The lowest BCUT2D eigenvalue weighted by Gasteiger charge is -2.04. The maximum Gasteiger partial charge on any atom is 0.123 e. The Kier molecular flexibility index (Phi) is 4.61. The minimum absolute atomic E-state index is 0.242. The molecule has 0 fully saturated rings. The number of rotatable bonds is 5. The van der Waals surface area contributed by atoms with E-state index in [1.54, 1.807) is 12.1 Å². The summed E-state index contributed by atoms with van der Waals surface area (Å²) >= 11 is 5.50. The third kappa shape index (κ3) is 4.13. The second-order valence-electron chi connectivity index (χ2n) is 2.70. The number of benzene rings is 1. The molecule has 1 aromatic carbocycles. The fourth-order valence-corrected chi connectivity index (χ4v) is 1.11. The van der Waals surface area contributed by atoms with Gasteiger partial charge in [0.05, 0.1) is 6.61 Å². The monoisotopic (exact) mass is 202 g/mol. The first-order chi connectivity index (χ1) is 6.33. The first-order valence-corrected chi connectivity index (χ1v) is 4.80. The van der Waals surface area contributed by atoms with Crippen LogP contribution < -0.4 is 4.74 Å². The summed E-state index contributed by atoms with van der Waals surface area (Å²) in [4.78, 5) is 0. The lowest BCUT2D eigenvalue weighted by molar-refractivity contribution is 0.309. The van der Waals surface area contributed by atoms with Crippen LogP contribution in [-0.4, -0.2) is 12.5 Å². The van der Waals surface area contributed by atoms with Crippen LogP contribution in [0, 0.1) is 5.82 Å². The molecule has 0 amide bonds. The molecule has 0 heterocycles. The highest BCUT2D eigenvalue weighted by Crippen LogP contribution is 2.11. The van der Waals surface area contributed by atoms with Gasteiger partial charge in [-0.1, -0.05) is 0 Å². The molecule has 0 unspecified atom stereocenters. The SMILES string of the molecule is Fc1ccc(OCCCCCl)cc1. The summed E-state index contributed by atoms with van der Waals surface area (Å²) < 4.78 is 17.8. The van der Waals surface area contributed by atoms with Crippen molar-refractivity contribution in [3.8, 4) is 5.75 Å². The predicted molar refractivity (Wildman–Crippen MR) is 51.8 cm³/mol. The van der Waals surface area contributed by atoms with Gasteiger partial charge in [-0.15, -0.1) is 11.6 Å². The van der Waals surface area contributed by atoms with Gasteiger partial charge in [0.2, 0.25) is 0 Å². The molecule has 0 bridgehead atoms. The largest absolute Gasteiger partial charge is 0.494 e. The summed E-state index contributed by atoms with van der Waals surface area (Å²) in [6.45, 7) is 0.637. The molecule has 13 heavy (non-hydrogen) atoms. The van der Waals surface area contributed by atoms with Gasteiger partial charge in [-0.25, -0.2) is 4.39 Å². The maximum absolute atomic E-state index is 12.5. The predicted octanol–water partition coefficient (Wildman–Crippen LogP) is 3.22. The molecule has 3 heteroatoms. The third-order valence-corrected chi connectivity index (χ3v) is 1.88. The Morgan fingerprint density at radius 1 is 1.15 bits per heavy atom. The summed E-state index contributed by atoms with van der Waals surface area (Å²) in [7, 11) is 0. The van der Waals surface area contributed by atoms with Crippen LogP contribution in [0.2, 0.25) is 0 Å². The van der Waals surface area contributed by atoms with Gasteiger partial charge in [0.1, 0.15) is 11.6 Å². The second-order valence-corrected chi connectivity index (χ2v) is 3.08. The summed E-state index contributed by atoms with van der Waals surface area (Å²) in [6, 6.07) is 6.01. The first-order valence-electron chi connectivity index (χ1n) is 4.27. The average molecular weight is 203 g/mol. The van der Waals surface area contributed by atoms with E-state index in [9.17, 15) is 4.39 Å². The minimum atomic E-state index is -0.242. The smallest absolute Gasteiger partial charge is 0.123 e. The summed E-state index contributed by atoms with van der Waals surface area (Å²) in [6.07, 6.45) is 1.88. The number of hydrogen-bond donors (Lipinski definition) is 0. The van der Waals surface area contributed by atoms with Gasteiger partial charge >= 0.3 is 0 Å². The Morgan fingerprint density at radius 2 is 1.85 bits per heavy atom. The zero-order valence-corrected chi connectivity index (χ0v) is 8.06. The van der Waals surface area contributed by atoms with E-state index in [4.69, 9.17) is 16.3 Å². The highest BCUT2D eigenvalue weighted by Gasteiger charge is 1.93. The van der Waals surface area contributed by atoms with Gasteiger partial charge in [0, 0.05) is 5.88 Å². The van der Waals surface area contributed by atoms with Crippen LogP contribution in [0.1, 0.15) is 12.8 Å². The van der Waals surface area contributed by atoms with Crippen molar-refractivity contribution in [2.75, 3.05) is 12.5 Å². The Hall–Kier alpha value is -0.760. The summed E-state index contributed by atoms with van der Waals surface area (Å²) in [5, 5.41) is 0. The molecule has 0 atom stereocenters. The van der Waals surface area contributed by atoms with Crippen molar-refractivity contribution in [2.24, 2.45) is 0 Å². The van der Waals surface area contributed by atoms with Gasteiger partial charge in [-0.05, 0) is 37.1 Å². The van der Waals surface area contributed by atoms with Crippen molar-refractivity contribution >= 4 is 11.6 Å². The molecule has 1 rings (SSSR count). The van der Waals surface area contributed by atoms with Gasteiger partial charge in [0.25, 0.3) is 0 Å². The van der Waals surface area contributed by atoms with Crippen molar-refractivity contribution in [3.05, 3.63) is 30.1 Å². The standard InChI is InChI=1S/C10H12ClFO/c11-7-1-2-8-13-10-5-3-9(12)4-6-10/h3-6H,1-2,7-8H2. The molecule has 0 N–H and O–H groups in total. The molecule has 0 radical (unpaired) electrons. The van der Waals surface area contributed by atoms with E-state index >= 15 is 0 Å². The van der Waals surface area contributed by atoms with E-state index in [0.717, 1.165) is 12.8 Å². The van der Waals surface area contributed by atoms with Gasteiger partial charge < -0.3 is 4.74 Å². The van der Waals surface area contributed by atoms with Crippen LogP contribution in [0.3, 0.4) is 0 Å². The molecule has 0 aliphatic heterocycles. The molecule has 0 aromatic heterocycles. The topological polar surface area (TPSA) is 9.23 Å². The first kappa shape index (κ1) is 10.3. The molecular weight excluding hydrogens is 191 g/mol. The van der Waals surface area contributed by atoms with E-state index in [-0.39, 0.29) is 5.82 Å². The highest BCUT2D eigenvalue weighted by molar-refractivity contribution is 6.17. The molecule has 0 saturated heterocycles. The lowest BCUT2D eigenvalue weighted by Crippen LogP contribution is -1.97. The van der Waals surface area contributed by atoms with Crippen molar-refractivity contribution in [2.45, 2.75) is 12.8 Å². The lowest BCUT2D eigenvalue weighted by atomic mass is 10.3. The Labute approximate surface area is 82.5 Å². The van der Waals surface area contributed by atoms with Crippen molar-refractivity contribution in [1.29, 1.82) is 0 Å². The van der Waals surface area contributed by atoms with E-state index < -0.39 is 0 Å². The van der Waals surface area contributed by atoms with Crippen LogP contribution >= 0.6 is 11.6 Å². The van der Waals surface area contributed by atoms with E-state index in [1.807, 2.05) is 0 Å². The fraction of sp³-hybridized carbons (Fsp3) is 0.400. The Balaban J connectivity index is 2.25. The molecule has 0 saturated carbocycles. The van der Waals surface area contributed by atoms with E-state index in [1.165, 1.54) is 12.1 Å². The molecule has 0 aliphatic carbocycles. The molecule has 1 nitrogen and oxygen atoms in total. The molecule has 0 spiro atoms. The van der Waals surface area contributed by atoms with Crippen molar-refractivity contribution in [1.82, 2.24) is 0 Å². The summed E-state index contributed by atoms with van der Waals surface area (Å²) in [5.41, 5.74) is 0. The molecule has 0 aliphatic rings. The summed E-state index contributed by atoms with van der Waals surface area (Å²) in [5.74, 6) is 1.12. The maximum atomic E-state index is 12.5. The zero-order chi connectivity index (χ0) is 9.52. The van der Waals surface area contributed by atoms with E-state index in [0.29, 0.717) is 18.2 Å². The highest BCUT2D eigenvalue weighted by atomic mass is 35.5. The van der Waals surface area contributed by atoms with Crippen LogP contribution in [0.15, 0.2) is 24.3 Å². The molecule has 72 valence electrons. The Bertz CT molecular complexity index is 235. The molecular formula is C10H12ClFO. The van der Waals surface area contributed by atoms with Crippen LogP contribution in [0.25, 0.3) is 0 Å².